The average Bonchev–Trinajstić information content (AvgIpc) is 3.09. The van der Waals surface area contributed by atoms with Crippen molar-refractivity contribution < 1.29 is 4.79 Å². The first-order valence-corrected chi connectivity index (χ1v) is 7.00. The predicted octanol–water partition coefficient (Wildman–Crippen LogP) is 1.59. The van der Waals surface area contributed by atoms with Crippen molar-refractivity contribution in [3.05, 3.63) is 47.3 Å². The molecule has 1 fully saturated rings. The summed E-state index contributed by atoms with van der Waals surface area (Å²) in [7, 11) is 0. The molecule has 0 bridgehead atoms. The first-order chi connectivity index (χ1) is 9.84. The van der Waals surface area contributed by atoms with E-state index in [1.807, 2.05) is 23.0 Å². The fraction of sp³-hybridized carbons (Fsp3) is 0.333. The minimum Gasteiger partial charge on any atom is -0.358 e. The monoisotopic (exact) mass is 268 g/mol. The van der Waals surface area contributed by atoms with E-state index in [0.29, 0.717) is 6.54 Å². The van der Waals surface area contributed by atoms with E-state index in [4.69, 9.17) is 0 Å². The van der Waals surface area contributed by atoms with Crippen LogP contribution in [-0.2, 0) is 6.54 Å². The molecule has 5 nitrogen and oxygen atoms in total. The van der Waals surface area contributed by atoms with E-state index in [0.717, 1.165) is 48.6 Å². The number of H-pyrrole nitrogens is 1. The lowest BCUT2D eigenvalue weighted by Crippen LogP contribution is -2.24. The van der Waals surface area contributed by atoms with Crippen LogP contribution in [0.25, 0.3) is 5.57 Å². The minimum absolute atomic E-state index is 0.119. The standard InChI is InChI=1S/C15H16N4O/c20-12-9-19-8-7-18-15(19)13(10-1-4-16-5-2-10)11-3-6-17-14(11)12/h3,6-8,16-17H,1-2,4-5,9H2. The maximum atomic E-state index is 12.3. The fourth-order valence-corrected chi connectivity index (χ4v) is 3.15. The number of imidazole rings is 1. The molecule has 2 N–H and O–H groups in total. The number of rotatable bonds is 0. The number of Topliss-reactive ketones (excluding diaryl/α,β-unsaturated/α-hetero) is 1. The molecule has 2 aliphatic rings. The Bertz CT molecular complexity index is 699. The molecule has 2 aromatic heterocycles. The van der Waals surface area contributed by atoms with Gasteiger partial charge in [0.2, 0.25) is 0 Å². The summed E-state index contributed by atoms with van der Waals surface area (Å²) in [5, 5.41) is 3.38. The summed E-state index contributed by atoms with van der Waals surface area (Å²) in [6.07, 6.45) is 7.55. The molecular weight excluding hydrogens is 252 g/mol. The summed E-state index contributed by atoms with van der Waals surface area (Å²) in [6, 6.07) is 2.00. The van der Waals surface area contributed by atoms with Gasteiger partial charge in [0.25, 0.3) is 0 Å². The number of hydrogen-bond donors (Lipinski definition) is 2. The molecule has 2 aliphatic heterocycles. The number of piperidine rings is 1. The fourth-order valence-electron chi connectivity index (χ4n) is 3.15. The first kappa shape index (κ1) is 11.7. The Morgan fingerprint density at radius 2 is 2.10 bits per heavy atom. The zero-order valence-corrected chi connectivity index (χ0v) is 11.1. The normalized spacial score (nSPS) is 18.7. The van der Waals surface area contributed by atoms with Gasteiger partial charge in [0.05, 0.1) is 12.2 Å². The third-order valence-corrected chi connectivity index (χ3v) is 4.11. The Morgan fingerprint density at radius 3 is 2.95 bits per heavy atom. The molecule has 0 unspecified atom stereocenters. The van der Waals surface area contributed by atoms with Crippen LogP contribution < -0.4 is 5.32 Å². The van der Waals surface area contributed by atoms with Gasteiger partial charge in [-0.3, -0.25) is 4.79 Å². The zero-order valence-electron chi connectivity index (χ0n) is 11.1. The second kappa shape index (κ2) is 4.45. The largest absolute Gasteiger partial charge is 0.358 e. The van der Waals surface area contributed by atoms with Gasteiger partial charge in [0.1, 0.15) is 5.82 Å². The maximum absolute atomic E-state index is 12.3. The Balaban J connectivity index is 1.99. The van der Waals surface area contributed by atoms with E-state index in [1.54, 1.807) is 6.20 Å². The zero-order chi connectivity index (χ0) is 13.5. The average molecular weight is 268 g/mol. The number of carbonyl (C=O) groups excluding carboxylic acids is 1. The van der Waals surface area contributed by atoms with E-state index in [9.17, 15) is 4.79 Å². The summed E-state index contributed by atoms with van der Waals surface area (Å²) in [4.78, 5) is 19.9. The quantitative estimate of drug-likeness (QED) is 0.762. The summed E-state index contributed by atoms with van der Waals surface area (Å²) in [6.45, 7) is 2.35. The molecule has 0 radical (unpaired) electrons. The minimum atomic E-state index is 0.119. The SMILES string of the molecule is O=C1Cn2ccnc2C(=C2CCNCC2)c2cc[nH]c21. The number of aromatic amines is 1. The summed E-state index contributed by atoms with van der Waals surface area (Å²) >= 11 is 0. The Kier molecular flexibility index (Phi) is 2.60. The molecular formula is C15H16N4O. The molecule has 2 aromatic rings. The molecule has 0 aromatic carbocycles. The Labute approximate surface area is 116 Å². The summed E-state index contributed by atoms with van der Waals surface area (Å²) in [5.74, 6) is 1.04. The van der Waals surface area contributed by atoms with Crippen LogP contribution in [0.3, 0.4) is 0 Å². The molecule has 0 atom stereocenters. The van der Waals surface area contributed by atoms with Crippen molar-refractivity contribution in [3.8, 4) is 0 Å². The van der Waals surface area contributed by atoms with E-state index in [2.05, 4.69) is 15.3 Å². The molecule has 0 spiro atoms. The predicted molar refractivity (Wildman–Crippen MR) is 75.5 cm³/mol. The van der Waals surface area contributed by atoms with Gasteiger partial charge in [-0.15, -0.1) is 0 Å². The molecule has 0 saturated carbocycles. The van der Waals surface area contributed by atoms with Gasteiger partial charge in [-0.2, -0.15) is 0 Å². The summed E-state index contributed by atoms with van der Waals surface area (Å²) in [5.41, 5.74) is 4.28. The van der Waals surface area contributed by atoms with Crippen molar-refractivity contribution >= 4 is 11.4 Å². The number of fused-ring (bicyclic) bond motifs is 2. The van der Waals surface area contributed by atoms with Gasteiger partial charge < -0.3 is 14.9 Å². The smallest absolute Gasteiger partial charge is 0.199 e. The Hall–Kier alpha value is -2.14. The van der Waals surface area contributed by atoms with Gasteiger partial charge in [-0.1, -0.05) is 5.57 Å². The number of carbonyl (C=O) groups is 1. The topological polar surface area (TPSA) is 62.7 Å². The van der Waals surface area contributed by atoms with Crippen LogP contribution in [0.1, 0.15) is 34.7 Å². The molecule has 1 saturated heterocycles. The highest BCUT2D eigenvalue weighted by atomic mass is 16.1. The van der Waals surface area contributed by atoms with Crippen molar-refractivity contribution in [1.29, 1.82) is 0 Å². The van der Waals surface area contributed by atoms with Crippen molar-refractivity contribution in [2.45, 2.75) is 19.4 Å². The van der Waals surface area contributed by atoms with Crippen molar-refractivity contribution in [1.82, 2.24) is 19.9 Å². The maximum Gasteiger partial charge on any atom is 0.199 e. The van der Waals surface area contributed by atoms with Crippen molar-refractivity contribution in [3.63, 3.8) is 0 Å². The Morgan fingerprint density at radius 1 is 1.25 bits per heavy atom. The highest BCUT2D eigenvalue weighted by Gasteiger charge is 2.27. The van der Waals surface area contributed by atoms with Crippen LogP contribution in [0.5, 0.6) is 0 Å². The van der Waals surface area contributed by atoms with Gasteiger partial charge in [-0.05, 0) is 32.0 Å². The third kappa shape index (κ3) is 1.67. The molecule has 4 heterocycles. The van der Waals surface area contributed by atoms with Crippen LogP contribution in [0.2, 0.25) is 0 Å². The van der Waals surface area contributed by atoms with E-state index in [-0.39, 0.29) is 5.78 Å². The van der Waals surface area contributed by atoms with Crippen LogP contribution in [-0.4, -0.2) is 33.4 Å². The van der Waals surface area contributed by atoms with Gasteiger partial charge in [-0.25, -0.2) is 4.98 Å². The molecule has 0 aliphatic carbocycles. The van der Waals surface area contributed by atoms with E-state index >= 15 is 0 Å². The summed E-state index contributed by atoms with van der Waals surface area (Å²) < 4.78 is 1.96. The van der Waals surface area contributed by atoms with Gasteiger partial charge >= 0.3 is 0 Å². The number of ketones is 1. The van der Waals surface area contributed by atoms with Crippen LogP contribution in [0.4, 0.5) is 0 Å². The number of nitrogens with zero attached hydrogens (tertiary/aromatic N) is 2. The van der Waals surface area contributed by atoms with Crippen LogP contribution in [0.15, 0.2) is 30.2 Å². The number of aromatic nitrogens is 3. The van der Waals surface area contributed by atoms with Crippen LogP contribution >= 0.6 is 0 Å². The highest BCUT2D eigenvalue weighted by molar-refractivity contribution is 6.02. The molecule has 0 amide bonds. The highest BCUT2D eigenvalue weighted by Crippen LogP contribution is 2.34. The molecule has 4 rings (SSSR count). The third-order valence-electron chi connectivity index (χ3n) is 4.11. The van der Waals surface area contributed by atoms with E-state index in [1.165, 1.54) is 5.57 Å². The molecule has 5 heteroatoms. The lowest BCUT2D eigenvalue weighted by Gasteiger charge is -2.19. The van der Waals surface area contributed by atoms with Crippen molar-refractivity contribution in [2.24, 2.45) is 0 Å². The van der Waals surface area contributed by atoms with Gasteiger partial charge in [0.15, 0.2) is 5.78 Å². The van der Waals surface area contributed by atoms with Gasteiger partial charge in [0, 0.05) is 29.7 Å². The molecule has 20 heavy (non-hydrogen) atoms. The lowest BCUT2D eigenvalue weighted by molar-refractivity contribution is 0.0968. The van der Waals surface area contributed by atoms with Crippen molar-refractivity contribution in [2.75, 3.05) is 13.1 Å². The molecule has 102 valence electrons. The second-order valence-corrected chi connectivity index (χ2v) is 5.30. The van der Waals surface area contributed by atoms with E-state index < -0.39 is 0 Å². The number of hydrogen-bond acceptors (Lipinski definition) is 3. The lowest BCUT2D eigenvalue weighted by atomic mass is 9.93. The first-order valence-electron chi connectivity index (χ1n) is 7.00. The van der Waals surface area contributed by atoms with Crippen LogP contribution in [0, 0.1) is 0 Å². The second-order valence-electron chi connectivity index (χ2n) is 5.30. The number of nitrogens with one attached hydrogen (secondary N) is 2.